The molecule has 24 heavy (non-hydrogen) atoms. The Morgan fingerprint density at radius 1 is 1.38 bits per heavy atom. The maximum atomic E-state index is 10.5. The normalized spacial score (nSPS) is 26.3. The van der Waals surface area contributed by atoms with Gasteiger partial charge in [-0.3, -0.25) is 0 Å². The lowest BCUT2D eigenvalue weighted by molar-refractivity contribution is 0.0801. The number of hydrogen-bond donors (Lipinski definition) is 2. The van der Waals surface area contributed by atoms with E-state index < -0.39 is 0 Å². The maximum Gasteiger partial charge on any atom is 0.159 e. The molecular formula is C17H23N5O2. The van der Waals surface area contributed by atoms with Gasteiger partial charge in [-0.15, -0.1) is 10.2 Å². The van der Waals surface area contributed by atoms with E-state index in [-0.39, 0.29) is 17.9 Å². The van der Waals surface area contributed by atoms with Crippen LogP contribution in [0.5, 0.6) is 0 Å². The third kappa shape index (κ3) is 3.01. The predicted octanol–water partition coefficient (Wildman–Crippen LogP) is 1.48. The fourth-order valence-corrected chi connectivity index (χ4v) is 3.72. The van der Waals surface area contributed by atoms with E-state index >= 15 is 0 Å². The zero-order valence-electron chi connectivity index (χ0n) is 13.9. The third-order valence-corrected chi connectivity index (χ3v) is 5.03. The topological polar surface area (TPSA) is 85.1 Å². The quantitative estimate of drug-likeness (QED) is 0.884. The summed E-state index contributed by atoms with van der Waals surface area (Å²) < 4.78 is 7.59. The van der Waals surface area contributed by atoms with E-state index in [1.54, 1.807) is 6.20 Å². The molecule has 1 aliphatic heterocycles. The highest BCUT2D eigenvalue weighted by atomic mass is 16.5. The van der Waals surface area contributed by atoms with Gasteiger partial charge in [0.05, 0.1) is 12.7 Å². The van der Waals surface area contributed by atoms with Crippen molar-refractivity contribution in [2.45, 2.75) is 44.9 Å². The third-order valence-electron chi connectivity index (χ3n) is 5.03. The molecule has 128 valence electrons. The molecule has 2 N–H and O–H groups in total. The highest BCUT2D eigenvalue weighted by Crippen LogP contribution is 2.38. The second-order valence-electron chi connectivity index (χ2n) is 6.77. The number of rotatable bonds is 4. The van der Waals surface area contributed by atoms with Gasteiger partial charge in [0.1, 0.15) is 18.2 Å². The molecule has 0 saturated heterocycles. The molecular weight excluding hydrogens is 306 g/mol. The number of aliphatic hydroxyl groups excluding tert-OH is 1. The number of anilines is 1. The molecule has 1 saturated carbocycles. The summed E-state index contributed by atoms with van der Waals surface area (Å²) in [6.07, 6.45) is 3.14. The van der Waals surface area contributed by atoms with Gasteiger partial charge in [-0.1, -0.05) is 0 Å². The van der Waals surface area contributed by atoms with Gasteiger partial charge in [-0.05, 0) is 37.5 Å². The van der Waals surface area contributed by atoms with Crippen molar-refractivity contribution in [1.82, 2.24) is 19.7 Å². The second-order valence-corrected chi connectivity index (χ2v) is 6.77. The predicted molar refractivity (Wildman–Crippen MR) is 88.6 cm³/mol. The first-order chi connectivity index (χ1) is 11.7. The molecule has 0 spiro atoms. The summed E-state index contributed by atoms with van der Waals surface area (Å²) in [4.78, 5) is 4.32. The zero-order chi connectivity index (χ0) is 16.5. The minimum absolute atomic E-state index is 0.199. The fraction of sp³-hybridized carbons (Fsp3) is 0.588. The van der Waals surface area contributed by atoms with E-state index in [9.17, 15) is 5.11 Å². The standard InChI is InChI=1S/C17H23N5O2/c1-11-2-3-18-15(6-11)19-9-13-7-12(8-14(13)23)17-21-20-16-10-24-5-4-22(16)17/h2-3,6,12-14,23H,4-5,7-10H2,1H3,(H,18,19)/t12-,13+,14+/m0/s1. The van der Waals surface area contributed by atoms with Gasteiger partial charge in [0.2, 0.25) is 0 Å². The number of fused-ring (bicyclic) bond motifs is 1. The molecule has 4 rings (SSSR count). The molecule has 2 aliphatic rings. The summed E-state index contributed by atoms with van der Waals surface area (Å²) in [5.41, 5.74) is 1.18. The molecule has 1 aliphatic carbocycles. The molecule has 3 atom stereocenters. The van der Waals surface area contributed by atoms with Crippen LogP contribution in [0.2, 0.25) is 0 Å². The van der Waals surface area contributed by atoms with Crippen LogP contribution in [-0.4, -0.2) is 44.1 Å². The number of aryl methyl sites for hydroxylation is 1. The van der Waals surface area contributed by atoms with Gasteiger partial charge in [0.15, 0.2) is 5.82 Å². The van der Waals surface area contributed by atoms with Crippen LogP contribution in [0.3, 0.4) is 0 Å². The van der Waals surface area contributed by atoms with Crippen molar-refractivity contribution in [1.29, 1.82) is 0 Å². The molecule has 0 amide bonds. The molecule has 0 radical (unpaired) electrons. The van der Waals surface area contributed by atoms with Crippen molar-refractivity contribution in [2.24, 2.45) is 5.92 Å². The van der Waals surface area contributed by atoms with Crippen LogP contribution in [0, 0.1) is 12.8 Å². The van der Waals surface area contributed by atoms with E-state index in [4.69, 9.17) is 4.74 Å². The van der Waals surface area contributed by atoms with Crippen LogP contribution in [0.15, 0.2) is 18.3 Å². The lowest BCUT2D eigenvalue weighted by Gasteiger charge is -2.18. The van der Waals surface area contributed by atoms with Gasteiger partial charge < -0.3 is 19.7 Å². The fourth-order valence-electron chi connectivity index (χ4n) is 3.72. The first kappa shape index (κ1) is 15.5. The molecule has 2 aromatic heterocycles. The smallest absolute Gasteiger partial charge is 0.159 e. The van der Waals surface area contributed by atoms with Gasteiger partial charge in [0.25, 0.3) is 0 Å². The zero-order valence-corrected chi connectivity index (χ0v) is 13.9. The van der Waals surface area contributed by atoms with E-state index in [1.807, 2.05) is 19.1 Å². The van der Waals surface area contributed by atoms with Crippen molar-refractivity contribution in [3.8, 4) is 0 Å². The Kier molecular flexibility index (Phi) is 4.20. The molecule has 7 heteroatoms. The van der Waals surface area contributed by atoms with Crippen LogP contribution < -0.4 is 5.32 Å². The highest BCUT2D eigenvalue weighted by Gasteiger charge is 2.37. The Morgan fingerprint density at radius 2 is 2.29 bits per heavy atom. The molecule has 1 fully saturated rings. The van der Waals surface area contributed by atoms with Crippen LogP contribution >= 0.6 is 0 Å². The van der Waals surface area contributed by atoms with Gasteiger partial charge in [0, 0.05) is 31.1 Å². The number of aliphatic hydroxyl groups is 1. The first-order valence-electron chi connectivity index (χ1n) is 8.55. The molecule has 2 aromatic rings. The summed E-state index contributed by atoms with van der Waals surface area (Å²) in [6.45, 7) is 4.81. The molecule has 7 nitrogen and oxygen atoms in total. The Labute approximate surface area is 141 Å². The summed E-state index contributed by atoms with van der Waals surface area (Å²) in [5.74, 6) is 3.23. The minimum Gasteiger partial charge on any atom is -0.393 e. The number of hydrogen-bond acceptors (Lipinski definition) is 6. The summed E-state index contributed by atoms with van der Waals surface area (Å²) in [7, 11) is 0. The van der Waals surface area contributed by atoms with Crippen LogP contribution in [0.25, 0.3) is 0 Å². The van der Waals surface area contributed by atoms with Crippen LogP contribution in [0.1, 0.15) is 36.0 Å². The van der Waals surface area contributed by atoms with Crippen molar-refractivity contribution in [3.05, 3.63) is 35.5 Å². The summed E-state index contributed by atoms with van der Waals surface area (Å²) in [5, 5.41) is 22.4. The average molecular weight is 329 g/mol. The highest BCUT2D eigenvalue weighted by molar-refractivity contribution is 5.37. The largest absolute Gasteiger partial charge is 0.393 e. The Balaban J connectivity index is 1.41. The van der Waals surface area contributed by atoms with Crippen molar-refractivity contribution >= 4 is 5.82 Å². The molecule has 0 unspecified atom stereocenters. The van der Waals surface area contributed by atoms with Crippen molar-refractivity contribution < 1.29 is 9.84 Å². The van der Waals surface area contributed by atoms with E-state index in [0.29, 0.717) is 13.2 Å². The molecule has 0 aromatic carbocycles. The lowest BCUT2D eigenvalue weighted by Crippen LogP contribution is -2.22. The van der Waals surface area contributed by atoms with Gasteiger partial charge in [-0.25, -0.2) is 4.98 Å². The van der Waals surface area contributed by atoms with E-state index in [1.165, 1.54) is 5.56 Å². The number of nitrogens with one attached hydrogen (secondary N) is 1. The minimum atomic E-state index is -0.319. The first-order valence-corrected chi connectivity index (χ1v) is 8.55. The van der Waals surface area contributed by atoms with Crippen LogP contribution in [0.4, 0.5) is 5.82 Å². The van der Waals surface area contributed by atoms with E-state index in [0.717, 1.165) is 43.4 Å². The van der Waals surface area contributed by atoms with Gasteiger partial charge >= 0.3 is 0 Å². The second kappa shape index (κ2) is 6.49. The molecule has 0 bridgehead atoms. The summed E-state index contributed by atoms with van der Waals surface area (Å²) in [6, 6.07) is 4.00. The maximum absolute atomic E-state index is 10.5. The average Bonchev–Trinajstić information content (AvgIpc) is 3.16. The lowest BCUT2D eigenvalue weighted by atomic mass is 10.0. The Hall–Kier alpha value is -1.99. The van der Waals surface area contributed by atoms with Crippen LogP contribution in [-0.2, 0) is 17.9 Å². The SMILES string of the molecule is Cc1ccnc(NC[C@H]2C[C@H](c3nnc4n3CCOC4)C[C@H]2O)c1. The Bertz CT molecular complexity index is 717. The summed E-state index contributed by atoms with van der Waals surface area (Å²) >= 11 is 0. The van der Waals surface area contributed by atoms with E-state index in [2.05, 4.69) is 25.1 Å². The number of pyridine rings is 1. The Morgan fingerprint density at radius 3 is 3.17 bits per heavy atom. The monoisotopic (exact) mass is 329 g/mol. The number of nitrogens with zero attached hydrogens (tertiary/aromatic N) is 4. The van der Waals surface area contributed by atoms with Crippen molar-refractivity contribution in [3.63, 3.8) is 0 Å². The number of ether oxygens (including phenoxy) is 1. The number of aromatic nitrogens is 4. The molecule has 3 heterocycles. The van der Waals surface area contributed by atoms with Gasteiger partial charge in [-0.2, -0.15) is 0 Å². The van der Waals surface area contributed by atoms with Crippen molar-refractivity contribution in [2.75, 3.05) is 18.5 Å².